The molecule has 0 aliphatic carbocycles. The highest BCUT2D eigenvalue weighted by atomic mass is 32.2. The molecule has 0 saturated carbocycles. The van der Waals surface area contributed by atoms with Crippen LogP contribution in [0.25, 0.3) is 0 Å². The summed E-state index contributed by atoms with van der Waals surface area (Å²) in [4.78, 5) is 37.1. The Balaban J connectivity index is 1.91. The maximum Gasteiger partial charge on any atom is 0.329 e. The molecule has 0 spiro atoms. The predicted octanol–water partition coefficient (Wildman–Crippen LogP) is 1.59. The van der Waals surface area contributed by atoms with Crippen molar-refractivity contribution in [2.24, 2.45) is 5.92 Å². The van der Waals surface area contributed by atoms with Crippen molar-refractivity contribution in [2.75, 3.05) is 18.1 Å². The fraction of sp³-hybridized carbons (Fsp3) is 0.591. The van der Waals surface area contributed by atoms with Crippen LogP contribution in [0.1, 0.15) is 57.0 Å². The Labute approximate surface area is 184 Å². The quantitative estimate of drug-likeness (QED) is 0.607. The summed E-state index contributed by atoms with van der Waals surface area (Å²) in [5.74, 6) is -2.02. The second-order valence-electron chi connectivity index (χ2n) is 9.30. The molecule has 2 atom stereocenters. The monoisotopic (exact) mass is 452 g/mol. The fourth-order valence-electron chi connectivity index (χ4n) is 3.25. The number of nitrogens with one attached hydrogen (secondary N) is 2. The molecule has 2 rings (SSSR count). The maximum atomic E-state index is 12.6. The standard InChI is InChI=1S/C22H32N2O6S/c1-14(2)19(24-20(26)15-6-8-16(9-7-15)22(3,4)5)21(27)30-12-18(25)23-17-10-11-31(28,29)13-17/h6-9,14,17,19H,10-13H2,1-5H3,(H,23,25)(H,24,26)/t17-,19-/m0/s1. The van der Waals surface area contributed by atoms with E-state index in [0.29, 0.717) is 12.0 Å². The van der Waals surface area contributed by atoms with Crippen LogP contribution in [0.3, 0.4) is 0 Å². The third-order valence-corrected chi connectivity index (χ3v) is 6.93. The van der Waals surface area contributed by atoms with Crippen molar-refractivity contribution < 1.29 is 27.5 Å². The molecule has 1 aromatic carbocycles. The van der Waals surface area contributed by atoms with Crippen molar-refractivity contribution in [1.29, 1.82) is 0 Å². The first-order valence-corrected chi connectivity index (χ1v) is 12.2. The summed E-state index contributed by atoms with van der Waals surface area (Å²) in [6, 6.07) is 5.79. The zero-order valence-corrected chi connectivity index (χ0v) is 19.5. The average Bonchev–Trinajstić information content (AvgIpc) is 3.01. The lowest BCUT2D eigenvalue weighted by molar-refractivity contribution is -0.151. The van der Waals surface area contributed by atoms with Crippen LogP contribution in [-0.4, -0.2) is 56.4 Å². The van der Waals surface area contributed by atoms with Crippen molar-refractivity contribution in [3.63, 3.8) is 0 Å². The van der Waals surface area contributed by atoms with E-state index < -0.39 is 46.3 Å². The Bertz CT molecular complexity index is 916. The van der Waals surface area contributed by atoms with E-state index in [4.69, 9.17) is 4.74 Å². The van der Waals surface area contributed by atoms with Gasteiger partial charge in [0.25, 0.3) is 11.8 Å². The molecule has 1 heterocycles. The molecule has 0 aromatic heterocycles. The highest BCUT2D eigenvalue weighted by Gasteiger charge is 2.30. The second kappa shape index (κ2) is 9.80. The summed E-state index contributed by atoms with van der Waals surface area (Å²) in [6.07, 6.45) is 0.348. The molecule has 2 N–H and O–H groups in total. The van der Waals surface area contributed by atoms with Crippen molar-refractivity contribution in [3.05, 3.63) is 35.4 Å². The molecule has 0 unspecified atom stereocenters. The molecule has 1 aliphatic heterocycles. The van der Waals surface area contributed by atoms with Gasteiger partial charge in [0, 0.05) is 11.6 Å². The molecule has 0 radical (unpaired) electrons. The number of amides is 2. The number of benzene rings is 1. The Hall–Kier alpha value is -2.42. The average molecular weight is 453 g/mol. The van der Waals surface area contributed by atoms with Gasteiger partial charge in [-0.15, -0.1) is 0 Å². The van der Waals surface area contributed by atoms with Crippen molar-refractivity contribution in [2.45, 2.75) is 58.5 Å². The van der Waals surface area contributed by atoms with Gasteiger partial charge in [-0.05, 0) is 35.4 Å². The fourth-order valence-corrected chi connectivity index (χ4v) is 4.92. The van der Waals surface area contributed by atoms with E-state index in [1.165, 1.54) is 0 Å². The number of esters is 1. The van der Waals surface area contributed by atoms with Gasteiger partial charge in [-0.1, -0.05) is 46.8 Å². The van der Waals surface area contributed by atoms with Crippen LogP contribution >= 0.6 is 0 Å². The zero-order valence-electron chi connectivity index (χ0n) is 18.7. The van der Waals surface area contributed by atoms with Crippen molar-refractivity contribution in [3.8, 4) is 0 Å². The minimum Gasteiger partial charge on any atom is -0.454 e. The number of hydrogen-bond acceptors (Lipinski definition) is 6. The summed E-state index contributed by atoms with van der Waals surface area (Å²) in [5, 5.41) is 5.23. The minimum absolute atomic E-state index is 0.0376. The maximum absolute atomic E-state index is 12.6. The first kappa shape index (κ1) is 24.8. The van der Waals surface area contributed by atoms with Crippen LogP contribution in [-0.2, 0) is 29.6 Å². The molecule has 1 aliphatic rings. The topological polar surface area (TPSA) is 119 Å². The van der Waals surface area contributed by atoms with Gasteiger partial charge in [0.2, 0.25) is 0 Å². The summed E-state index contributed by atoms with van der Waals surface area (Å²) in [5.41, 5.74) is 1.47. The highest BCUT2D eigenvalue weighted by Crippen LogP contribution is 2.22. The van der Waals surface area contributed by atoms with Gasteiger partial charge >= 0.3 is 5.97 Å². The molecule has 172 valence electrons. The van der Waals surface area contributed by atoms with E-state index in [2.05, 4.69) is 31.4 Å². The van der Waals surface area contributed by atoms with Crippen molar-refractivity contribution >= 4 is 27.6 Å². The molecule has 0 bridgehead atoms. The first-order chi connectivity index (χ1) is 14.3. The minimum atomic E-state index is -3.12. The molecule has 1 fully saturated rings. The third kappa shape index (κ3) is 7.34. The van der Waals surface area contributed by atoms with Crippen LogP contribution < -0.4 is 10.6 Å². The van der Waals surface area contributed by atoms with Crippen LogP contribution in [0.2, 0.25) is 0 Å². The van der Waals surface area contributed by atoms with Crippen LogP contribution in [0.15, 0.2) is 24.3 Å². The third-order valence-electron chi connectivity index (χ3n) is 5.16. The van der Waals surface area contributed by atoms with E-state index in [0.717, 1.165) is 5.56 Å². The SMILES string of the molecule is CC(C)[C@H](NC(=O)c1ccc(C(C)(C)C)cc1)C(=O)OCC(=O)N[C@H]1CCS(=O)(=O)C1. The molecular formula is C22H32N2O6S. The molecule has 8 nitrogen and oxygen atoms in total. The lowest BCUT2D eigenvalue weighted by Crippen LogP contribution is -2.46. The largest absolute Gasteiger partial charge is 0.454 e. The van der Waals surface area contributed by atoms with Gasteiger partial charge in [0.1, 0.15) is 6.04 Å². The molecule has 2 amide bonds. The number of ether oxygens (including phenoxy) is 1. The van der Waals surface area contributed by atoms with Gasteiger partial charge < -0.3 is 15.4 Å². The van der Waals surface area contributed by atoms with E-state index >= 15 is 0 Å². The Morgan fingerprint density at radius 2 is 1.74 bits per heavy atom. The first-order valence-electron chi connectivity index (χ1n) is 10.4. The molecule has 31 heavy (non-hydrogen) atoms. The smallest absolute Gasteiger partial charge is 0.329 e. The molecular weight excluding hydrogens is 420 g/mol. The second-order valence-corrected chi connectivity index (χ2v) is 11.5. The Morgan fingerprint density at radius 1 is 1.13 bits per heavy atom. The van der Waals surface area contributed by atoms with Gasteiger partial charge in [-0.25, -0.2) is 13.2 Å². The highest BCUT2D eigenvalue weighted by molar-refractivity contribution is 7.91. The Kier molecular flexibility index (Phi) is 7.86. The van der Waals surface area contributed by atoms with E-state index in [1.54, 1.807) is 26.0 Å². The number of sulfone groups is 1. The van der Waals surface area contributed by atoms with Gasteiger partial charge in [-0.3, -0.25) is 9.59 Å². The van der Waals surface area contributed by atoms with Crippen LogP contribution in [0, 0.1) is 5.92 Å². The number of carbonyl (C=O) groups excluding carboxylic acids is 3. The van der Waals surface area contributed by atoms with Crippen molar-refractivity contribution in [1.82, 2.24) is 10.6 Å². The lowest BCUT2D eigenvalue weighted by Gasteiger charge is -2.22. The Morgan fingerprint density at radius 3 is 2.23 bits per heavy atom. The summed E-state index contributed by atoms with van der Waals surface area (Å²) in [6.45, 7) is 9.23. The van der Waals surface area contributed by atoms with Gasteiger partial charge in [-0.2, -0.15) is 0 Å². The summed E-state index contributed by atoms with van der Waals surface area (Å²) in [7, 11) is -3.12. The normalized spacial score (nSPS) is 19.0. The van der Waals surface area contributed by atoms with Crippen LogP contribution in [0.5, 0.6) is 0 Å². The van der Waals surface area contributed by atoms with E-state index in [9.17, 15) is 22.8 Å². The number of carbonyl (C=O) groups is 3. The van der Waals surface area contributed by atoms with E-state index in [-0.39, 0.29) is 22.8 Å². The predicted molar refractivity (Wildman–Crippen MR) is 117 cm³/mol. The zero-order chi connectivity index (χ0) is 23.4. The molecule has 1 saturated heterocycles. The molecule has 1 aromatic rings. The number of hydrogen-bond donors (Lipinski definition) is 2. The summed E-state index contributed by atoms with van der Waals surface area (Å²) < 4.78 is 28.0. The summed E-state index contributed by atoms with van der Waals surface area (Å²) >= 11 is 0. The van der Waals surface area contributed by atoms with E-state index in [1.807, 2.05) is 12.1 Å². The lowest BCUT2D eigenvalue weighted by atomic mass is 9.86. The molecule has 9 heteroatoms. The number of rotatable bonds is 7. The van der Waals surface area contributed by atoms with Crippen LogP contribution in [0.4, 0.5) is 0 Å². The van der Waals surface area contributed by atoms with Gasteiger partial charge in [0.15, 0.2) is 16.4 Å². The van der Waals surface area contributed by atoms with Gasteiger partial charge in [0.05, 0.1) is 11.5 Å².